The Kier molecular flexibility index (Phi) is 6.70. The molecule has 2 heterocycles. The maximum atomic E-state index is 12.2. The van der Waals surface area contributed by atoms with E-state index in [2.05, 4.69) is 17.4 Å². The molecule has 1 aromatic carbocycles. The van der Waals surface area contributed by atoms with Crippen LogP contribution in [-0.4, -0.2) is 37.0 Å². The molecule has 5 nitrogen and oxygen atoms in total. The number of ether oxygens (including phenoxy) is 1. The minimum Gasteiger partial charge on any atom is -0.497 e. The van der Waals surface area contributed by atoms with Gasteiger partial charge in [-0.05, 0) is 36.6 Å². The van der Waals surface area contributed by atoms with E-state index < -0.39 is 0 Å². The molecule has 1 amide bonds. The molecule has 3 rings (SSSR count). The van der Waals surface area contributed by atoms with E-state index in [1.165, 1.54) is 18.1 Å². The molecular formula is C18H23ClN2O3. The fourth-order valence-electron chi connectivity index (χ4n) is 2.86. The quantitative estimate of drug-likeness (QED) is 0.900. The molecule has 1 saturated heterocycles. The Balaban J connectivity index is 0.00000208. The molecule has 0 bridgehead atoms. The van der Waals surface area contributed by atoms with Crippen LogP contribution in [0.3, 0.4) is 0 Å². The zero-order chi connectivity index (χ0) is 16.1. The van der Waals surface area contributed by atoms with Gasteiger partial charge in [0.15, 0.2) is 0 Å². The lowest BCUT2D eigenvalue weighted by atomic mass is 10.0. The van der Waals surface area contributed by atoms with E-state index in [4.69, 9.17) is 9.15 Å². The van der Waals surface area contributed by atoms with Gasteiger partial charge in [-0.25, -0.2) is 0 Å². The van der Waals surface area contributed by atoms with E-state index in [0.29, 0.717) is 11.6 Å². The average molecular weight is 351 g/mol. The van der Waals surface area contributed by atoms with Gasteiger partial charge in [0.05, 0.1) is 18.9 Å². The maximum absolute atomic E-state index is 12.2. The summed E-state index contributed by atoms with van der Waals surface area (Å²) in [6.45, 7) is 2.40. The molecule has 6 heteroatoms. The van der Waals surface area contributed by atoms with Crippen molar-refractivity contribution in [3.63, 3.8) is 0 Å². The second-order valence-electron chi connectivity index (χ2n) is 5.81. The van der Waals surface area contributed by atoms with Crippen LogP contribution in [0.4, 0.5) is 0 Å². The third-order valence-electron chi connectivity index (χ3n) is 4.30. The number of halogens is 1. The number of carbonyl (C=O) groups excluding carboxylic acids is 1. The Morgan fingerprint density at radius 3 is 2.54 bits per heavy atom. The highest BCUT2D eigenvalue weighted by Gasteiger charge is 2.23. The summed E-state index contributed by atoms with van der Waals surface area (Å²) in [5.74, 6) is 0.937. The van der Waals surface area contributed by atoms with E-state index >= 15 is 0 Å². The largest absolute Gasteiger partial charge is 0.497 e. The van der Waals surface area contributed by atoms with Crippen LogP contribution in [0.5, 0.6) is 5.75 Å². The predicted octanol–water partition coefficient (Wildman–Crippen LogP) is 3.10. The van der Waals surface area contributed by atoms with Gasteiger partial charge in [-0.15, -0.1) is 12.4 Å². The summed E-state index contributed by atoms with van der Waals surface area (Å²) < 4.78 is 10.1. The number of hydrogen-bond donors (Lipinski definition) is 1. The lowest BCUT2D eigenvalue weighted by Crippen LogP contribution is -2.44. The summed E-state index contributed by atoms with van der Waals surface area (Å²) in [5, 5.41) is 3.57. The molecule has 0 spiro atoms. The van der Waals surface area contributed by atoms with Crippen LogP contribution in [0.25, 0.3) is 0 Å². The van der Waals surface area contributed by atoms with Crippen LogP contribution in [0.15, 0.2) is 47.3 Å². The molecule has 130 valence electrons. The van der Waals surface area contributed by atoms with Gasteiger partial charge in [-0.1, -0.05) is 12.1 Å². The first-order valence-electron chi connectivity index (χ1n) is 7.94. The third-order valence-corrected chi connectivity index (χ3v) is 4.30. The van der Waals surface area contributed by atoms with Gasteiger partial charge in [0, 0.05) is 25.7 Å². The summed E-state index contributed by atoms with van der Waals surface area (Å²) in [6, 6.07) is 10.3. The standard InChI is InChI=1S/C18H22N2O3.ClH/c1-22-17-4-2-14(3-5-17)12-19-16-6-9-20(10-7-16)18(21)15-8-11-23-13-15;/h2-5,8,11,13,16,19H,6-7,9-10,12H2,1H3;1H. The SMILES string of the molecule is COc1ccc(CNC2CCN(C(=O)c3ccoc3)CC2)cc1.Cl. The predicted molar refractivity (Wildman–Crippen MR) is 94.7 cm³/mol. The summed E-state index contributed by atoms with van der Waals surface area (Å²) in [4.78, 5) is 14.1. The zero-order valence-electron chi connectivity index (χ0n) is 13.7. The molecule has 0 saturated carbocycles. The van der Waals surface area contributed by atoms with Crippen molar-refractivity contribution in [2.24, 2.45) is 0 Å². The van der Waals surface area contributed by atoms with Gasteiger partial charge in [-0.3, -0.25) is 4.79 Å². The molecule has 2 aromatic rings. The van der Waals surface area contributed by atoms with Crippen LogP contribution < -0.4 is 10.1 Å². The van der Waals surface area contributed by atoms with Crippen molar-refractivity contribution in [1.29, 1.82) is 0 Å². The lowest BCUT2D eigenvalue weighted by molar-refractivity contribution is 0.0704. The van der Waals surface area contributed by atoms with E-state index in [1.807, 2.05) is 17.0 Å². The normalized spacial score (nSPS) is 15.0. The van der Waals surface area contributed by atoms with Gasteiger partial charge in [0.2, 0.25) is 0 Å². The highest BCUT2D eigenvalue weighted by atomic mass is 35.5. The number of hydrogen-bond acceptors (Lipinski definition) is 4. The summed E-state index contributed by atoms with van der Waals surface area (Å²) in [5.41, 5.74) is 1.87. The first-order valence-corrected chi connectivity index (χ1v) is 7.94. The fourth-order valence-corrected chi connectivity index (χ4v) is 2.86. The first-order chi connectivity index (χ1) is 11.3. The van der Waals surface area contributed by atoms with Gasteiger partial charge < -0.3 is 19.4 Å². The Morgan fingerprint density at radius 1 is 1.25 bits per heavy atom. The number of piperidine rings is 1. The molecule has 0 aliphatic carbocycles. The van der Waals surface area contributed by atoms with Crippen LogP contribution in [-0.2, 0) is 6.54 Å². The Labute approximate surface area is 148 Å². The second-order valence-corrected chi connectivity index (χ2v) is 5.81. The minimum absolute atomic E-state index is 0. The highest BCUT2D eigenvalue weighted by Crippen LogP contribution is 2.16. The molecule has 1 N–H and O–H groups in total. The number of nitrogens with one attached hydrogen (secondary N) is 1. The topological polar surface area (TPSA) is 54.7 Å². The van der Waals surface area contributed by atoms with Crippen molar-refractivity contribution in [2.75, 3.05) is 20.2 Å². The van der Waals surface area contributed by atoms with Gasteiger partial charge in [0.1, 0.15) is 12.0 Å². The number of rotatable bonds is 5. The first kappa shape index (κ1) is 18.4. The van der Waals surface area contributed by atoms with Gasteiger partial charge in [-0.2, -0.15) is 0 Å². The highest BCUT2D eigenvalue weighted by molar-refractivity contribution is 5.93. The number of nitrogens with zero attached hydrogens (tertiary/aromatic N) is 1. The Morgan fingerprint density at radius 2 is 1.96 bits per heavy atom. The number of methoxy groups -OCH3 is 1. The Hall–Kier alpha value is -1.98. The van der Waals surface area contributed by atoms with Crippen molar-refractivity contribution in [2.45, 2.75) is 25.4 Å². The van der Waals surface area contributed by atoms with Crippen LogP contribution in [0.2, 0.25) is 0 Å². The Bertz CT molecular complexity index is 620. The minimum atomic E-state index is 0. The lowest BCUT2D eigenvalue weighted by Gasteiger charge is -2.32. The molecule has 1 aliphatic rings. The molecule has 24 heavy (non-hydrogen) atoms. The van der Waals surface area contributed by atoms with Crippen molar-refractivity contribution in [3.8, 4) is 5.75 Å². The average Bonchev–Trinajstić information content (AvgIpc) is 3.15. The van der Waals surface area contributed by atoms with Crippen LogP contribution >= 0.6 is 12.4 Å². The fraction of sp³-hybridized carbons (Fsp3) is 0.389. The zero-order valence-corrected chi connectivity index (χ0v) is 14.6. The smallest absolute Gasteiger partial charge is 0.257 e. The molecule has 0 unspecified atom stereocenters. The van der Waals surface area contributed by atoms with Crippen molar-refractivity contribution in [3.05, 3.63) is 54.0 Å². The van der Waals surface area contributed by atoms with Crippen molar-refractivity contribution in [1.82, 2.24) is 10.2 Å². The third kappa shape index (κ3) is 4.52. The summed E-state index contributed by atoms with van der Waals surface area (Å²) in [7, 11) is 1.67. The van der Waals surface area contributed by atoms with E-state index in [9.17, 15) is 4.79 Å². The molecule has 1 aromatic heterocycles. The van der Waals surface area contributed by atoms with Gasteiger partial charge in [0.25, 0.3) is 5.91 Å². The number of benzene rings is 1. The van der Waals surface area contributed by atoms with Crippen molar-refractivity contribution >= 4 is 18.3 Å². The monoisotopic (exact) mass is 350 g/mol. The second kappa shape index (κ2) is 8.76. The number of furan rings is 1. The van der Waals surface area contributed by atoms with Crippen LogP contribution in [0.1, 0.15) is 28.8 Å². The van der Waals surface area contributed by atoms with Gasteiger partial charge >= 0.3 is 0 Å². The van der Waals surface area contributed by atoms with E-state index in [1.54, 1.807) is 13.2 Å². The van der Waals surface area contributed by atoms with Crippen LogP contribution in [0, 0.1) is 0 Å². The molecule has 0 atom stereocenters. The van der Waals surface area contributed by atoms with E-state index in [0.717, 1.165) is 38.2 Å². The number of carbonyl (C=O) groups is 1. The molecular weight excluding hydrogens is 328 g/mol. The molecule has 1 fully saturated rings. The molecule has 1 aliphatic heterocycles. The number of likely N-dealkylation sites (tertiary alicyclic amines) is 1. The maximum Gasteiger partial charge on any atom is 0.257 e. The molecule has 0 radical (unpaired) electrons. The summed E-state index contributed by atoms with van der Waals surface area (Å²) >= 11 is 0. The van der Waals surface area contributed by atoms with Crippen molar-refractivity contribution < 1.29 is 13.9 Å². The van der Waals surface area contributed by atoms with E-state index in [-0.39, 0.29) is 18.3 Å². The summed E-state index contributed by atoms with van der Waals surface area (Å²) in [6.07, 6.45) is 4.99. The number of amides is 1.